The second-order valence-corrected chi connectivity index (χ2v) is 4.74. The van der Waals surface area contributed by atoms with Gasteiger partial charge in [-0.15, -0.1) is 0 Å². The highest BCUT2D eigenvalue weighted by Gasteiger charge is 2.11. The quantitative estimate of drug-likeness (QED) is 0.838. The third-order valence-electron chi connectivity index (χ3n) is 2.64. The molecule has 2 N–H and O–H groups in total. The summed E-state index contributed by atoms with van der Waals surface area (Å²) in [7, 11) is 1.93. The average Bonchev–Trinajstić information content (AvgIpc) is 2.89. The van der Waals surface area contributed by atoms with Crippen LogP contribution in [0.5, 0.6) is 0 Å². The molecule has 0 atom stereocenters. The Hall–Kier alpha value is -2.25. The van der Waals surface area contributed by atoms with Gasteiger partial charge in [-0.2, -0.15) is 24.7 Å². The molecular weight excluding hydrogens is 244 g/mol. The van der Waals surface area contributed by atoms with Crippen LogP contribution in [0.2, 0.25) is 0 Å². The zero-order valence-corrected chi connectivity index (χ0v) is 11.4. The van der Waals surface area contributed by atoms with E-state index in [0.717, 1.165) is 13.0 Å². The Bertz CT molecular complexity index is 521. The SMILES string of the molecule is CC(C)CCN(C)c1nc(N)nc(-n2cncn2)n1. The highest BCUT2D eigenvalue weighted by atomic mass is 15.4. The zero-order chi connectivity index (χ0) is 13.8. The van der Waals surface area contributed by atoms with Crippen molar-refractivity contribution in [1.82, 2.24) is 29.7 Å². The van der Waals surface area contributed by atoms with Crippen LogP contribution in [0, 0.1) is 5.92 Å². The van der Waals surface area contributed by atoms with E-state index in [1.165, 1.54) is 17.3 Å². The molecule has 2 aromatic heterocycles. The van der Waals surface area contributed by atoms with Crippen molar-refractivity contribution in [3.8, 4) is 5.95 Å². The largest absolute Gasteiger partial charge is 0.368 e. The molecule has 8 heteroatoms. The molecular formula is C11H18N8. The standard InChI is InChI=1S/C11H18N8/c1-8(2)4-5-18(3)10-15-9(12)16-11(17-10)19-7-13-6-14-19/h6-8H,4-5H2,1-3H3,(H2,12,15,16,17). The Morgan fingerprint density at radius 1 is 1.32 bits per heavy atom. The van der Waals surface area contributed by atoms with Crippen molar-refractivity contribution in [2.45, 2.75) is 20.3 Å². The normalized spacial score (nSPS) is 10.9. The molecule has 8 nitrogen and oxygen atoms in total. The van der Waals surface area contributed by atoms with E-state index in [2.05, 4.69) is 38.9 Å². The van der Waals surface area contributed by atoms with E-state index in [-0.39, 0.29) is 5.95 Å². The number of nitrogen functional groups attached to an aromatic ring is 1. The minimum absolute atomic E-state index is 0.173. The molecule has 2 heterocycles. The Morgan fingerprint density at radius 2 is 2.11 bits per heavy atom. The third-order valence-corrected chi connectivity index (χ3v) is 2.64. The third kappa shape index (κ3) is 3.36. The van der Waals surface area contributed by atoms with Gasteiger partial charge in [-0.1, -0.05) is 13.8 Å². The molecule has 0 aromatic carbocycles. The monoisotopic (exact) mass is 262 g/mol. The van der Waals surface area contributed by atoms with E-state index >= 15 is 0 Å². The number of hydrogen-bond acceptors (Lipinski definition) is 7. The first-order chi connectivity index (χ1) is 9.06. The van der Waals surface area contributed by atoms with Gasteiger partial charge in [0, 0.05) is 13.6 Å². The van der Waals surface area contributed by atoms with E-state index in [4.69, 9.17) is 5.73 Å². The molecule has 0 saturated carbocycles. The number of nitrogens with two attached hydrogens (primary N) is 1. The molecule has 2 rings (SSSR count). The van der Waals surface area contributed by atoms with Gasteiger partial charge in [0.1, 0.15) is 12.7 Å². The lowest BCUT2D eigenvalue weighted by molar-refractivity contribution is 0.581. The summed E-state index contributed by atoms with van der Waals surface area (Å²) in [4.78, 5) is 18.3. The van der Waals surface area contributed by atoms with Crippen molar-refractivity contribution in [3.05, 3.63) is 12.7 Å². The summed E-state index contributed by atoms with van der Waals surface area (Å²) in [6.07, 6.45) is 4.00. The fraction of sp³-hybridized carbons (Fsp3) is 0.545. The molecule has 0 aliphatic heterocycles. The van der Waals surface area contributed by atoms with E-state index in [1.54, 1.807) is 0 Å². The topological polar surface area (TPSA) is 98.6 Å². The summed E-state index contributed by atoms with van der Waals surface area (Å²) >= 11 is 0. The number of anilines is 2. The van der Waals surface area contributed by atoms with Crippen LogP contribution in [0.3, 0.4) is 0 Å². The molecule has 102 valence electrons. The van der Waals surface area contributed by atoms with Gasteiger partial charge in [-0.25, -0.2) is 4.98 Å². The first-order valence-corrected chi connectivity index (χ1v) is 6.14. The maximum Gasteiger partial charge on any atom is 0.258 e. The number of aromatic nitrogens is 6. The van der Waals surface area contributed by atoms with E-state index < -0.39 is 0 Å². The predicted molar refractivity (Wildman–Crippen MR) is 71.9 cm³/mol. The molecule has 0 aliphatic carbocycles. The van der Waals surface area contributed by atoms with Crippen LogP contribution in [0.4, 0.5) is 11.9 Å². The van der Waals surface area contributed by atoms with Crippen LogP contribution in [0.15, 0.2) is 12.7 Å². The maximum absolute atomic E-state index is 5.71. The molecule has 19 heavy (non-hydrogen) atoms. The minimum atomic E-state index is 0.173. The zero-order valence-electron chi connectivity index (χ0n) is 11.4. The fourth-order valence-electron chi connectivity index (χ4n) is 1.51. The van der Waals surface area contributed by atoms with E-state index in [1.807, 2.05) is 11.9 Å². The number of hydrogen-bond donors (Lipinski definition) is 1. The lowest BCUT2D eigenvalue weighted by Crippen LogP contribution is -2.24. The van der Waals surface area contributed by atoms with Crippen LogP contribution < -0.4 is 10.6 Å². The van der Waals surface area contributed by atoms with Crippen molar-refractivity contribution in [1.29, 1.82) is 0 Å². The van der Waals surface area contributed by atoms with Crippen LogP contribution in [0.25, 0.3) is 5.95 Å². The van der Waals surface area contributed by atoms with Crippen LogP contribution >= 0.6 is 0 Å². The van der Waals surface area contributed by atoms with Gasteiger partial charge in [-0.3, -0.25) is 0 Å². The van der Waals surface area contributed by atoms with Crippen molar-refractivity contribution in [2.75, 3.05) is 24.2 Å². The number of rotatable bonds is 5. The second kappa shape index (κ2) is 5.59. The van der Waals surface area contributed by atoms with Gasteiger partial charge in [0.05, 0.1) is 0 Å². The van der Waals surface area contributed by atoms with Crippen LogP contribution in [-0.2, 0) is 0 Å². The van der Waals surface area contributed by atoms with Gasteiger partial charge in [0.25, 0.3) is 5.95 Å². The summed E-state index contributed by atoms with van der Waals surface area (Å²) in [6, 6.07) is 0. The summed E-state index contributed by atoms with van der Waals surface area (Å²) < 4.78 is 1.46. The minimum Gasteiger partial charge on any atom is -0.368 e. The van der Waals surface area contributed by atoms with Gasteiger partial charge in [-0.05, 0) is 12.3 Å². The predicted octanol–water partition coefficient (Wildman–Crippen LogP) is 0.517. The number of nitrogens with zero attached hydrogens (tertiary/aromatic N) is 7. The van der Waals surface area contributed by atoms with Crippen molar-refractivity contribution in [3.63, 3.8) is 0 Å². The average molecular weight is 262 g/mol. The lowest BCUT2D eigenvalue weighted by Gasteiger charge is -2.18. The van der Waals surface area contributed by atoms with E-state index in [0.29, 0.717) is 17.8 Å². The Labute approximate surface area is 111 Å². The first kappa shape index (κ1) is 13.2. The summed E-state index contributed by atoms with van der Waals surface area (Å²) in [5, 5.41) is 3.98. The summed E-state index contributed by atoms with van der Waals surface area (Å²) in [5.41, 5.74) is 5.71. The molecule has 0 amide bonds. The molecule has 2 aromatic rings. The molecule has 0 unspecified atom stereocenters. The van der Waals surface area contributed by atoms with Crippen molar-refractivity contribution < 1.29 is 0 Å². The van der Waals surface area contributed by atoms with Crippen molar-refractivity contribution >= 4 is 11.9 Å². The van der Waals surface area contributed by atoms with Crippen LogP contribution in [-0.4, -0.2) is 43.3 Å². The molecule has 0 bridgehead atoms. The first-order valence-electron chi connectivity index (χ1n) is 6.14. The maximum atomic E-state index is 5.71. The molecule has 0 radical (unpaired) electrons. The van der Waals surface area contributed by atoms with Gasteiger partial charge < -0.3 is 10.6 Å². The van der Waals surface area contributed by atoms with Crippen molar-refractivity contribution in [2.24, 2.45) is 5.92 Å². The molecule has 0 aliphatic rings. The van der Waals surface area contributed by atoms with Gasteiger partial charge in [0.15, 0.2) is 0 Å². The Balaban J connectivity index is 2.21. The molecule has 0 fully saturated rings. The fourth-order valence-corrected chi connectivity index (χ4v) is 1.51. The molecule has 0 saturated heterocycles. The smallest absolute Gasteiger partial charge is 0.258 e. The van der Waals surface area contributed by atoms with Gasteiger partial charge in [0.2, 0.25) is 11.9 Å². The highest BCUT2D eigenvalue weighted by Crippen LogP contribution is 2.11. The van der Waals surface area contributed by atoms with Gasteiger partial charge >= 0.3 is 0 Å². The van der Waals surface area contributed by atoms with Crippen LogP contribution in [0.1, 0.15) is 20.3 Å². The lowest BCUT2D eigenvalue weighted by atomic mass is 10.1. The Kier molecular flexibility index (Phi) is 3.88. The highest BCUT2D eigenvalue weighted by molar-refractivity contribution is 5.36. The summed E-state index contributed by atoms with van der Waals surface area (Å²) in [5.74, 6) is 1.71. The van der Waals surface area contributed by atoms with E-state index in [9.17, 15) is 0 Å². The second-order valence-electron chi connectivity index (χ2n) is 4.74. The Morgan fingerprint density at radius 3 is 2.74 bits per heavy atom. The molecule has 0 spiro atoms. The summed E-state index contributed by atoms with van der Waals surface area (Å²) in [6.45, 7) is 5.21.